The molecule has 5 rings (SSSR count). The number of benzene rings is 1. The molecule has 4 atom stereocenters. The van der Waals surface area contributed by atoms with Gasteiger partial charge in [0.25, 0.3) is 5.91 Å². The Balaban J connectivity index is 1.16. The molecule has 2 aromatic heterocycles. The molecule has 36 heavy (non-hydrogen) atoms. The van der Waals surface area contributed by atoms with Crippen LogP contribution in [0.5, 0.6) is 5.75 Å². The van der Waals surface area contributed by atoms with E-state index >= 15 is 0 Å². The van der Waals surface area contributed by atoms with Crippen LogP contribution in [0.15, 0.2) is 36.9 Å². The largest absolute Gasteiger partial charge is 0.492 e. The third kappa shape index (κ3) is 4.69. The molecule has 0 unspecified atom stereocenters. The van der Waals surface area contributed by atoms with Crippen LogP contribution in [0.25, 0.3) is 11.2 Å². The van der Waals surface area contributed by atoms with E-state index in [1.54, 1.807) is 33.7 Å². The SMILES string of the molecule is Nc1ncnc2c1ncn2[C@@H]1CC[C@@H](NC(=O)c2ccc(OCCN3CCCC3=O)cc2)[C@@H](O)[C@@H]1O. The van der Waals surface area contributed by atoms with Crippen molar-refractivity contribution < 1.29 is 24.5 Å². The van der Waals surface area contributed by atoms with Crippen LogP contribution in [0, 0.1) is 0 Å². The van der Waals surface area contributed by atoms with Crippen LogP contribution in [0.1, 0.15) is 42.1 Å². The third-order valence-corrected chi connectivity index (χ3v) is 6.91. The van der Waals surface area contributed by atoms with Gasteiger partial charge >= 0.3 is 0 Å². The van der Waals surface area contributed by atoms with Crippen LogP contribution < -0.4 is 15.8 Å². The van der Waals surface area contributed by atoms with Crippen molar-refractivity contribution in [3.8, 4) is 5.75 Å². The normalized spacial score (nSPS) is 24.3. The van der Waals surface area contributed by atoms with Gasteiger partial charge in [-0.3, -0.25) is 9.59 Å². The second-order valence-corrected chi connectivity index (χ2v) is 9.15. The molecule has 2 amide bonds. The highest BCUT2D eigenvalue weighted by Gasteiger charge is 2.39. The second-order valence-electron chi connectivity index (χ2n) is 9.15. The van der Waals surface area contributed by atoms with E-state index in [2.05, 4.69) is 20.3 Å². The summed E-state index contributed by atoms with van der Waals surface area (Å²) in [6.45, 7) is 1.69. The molecule has 12 nitrogen and oxygen atoms in total. The van der Waals surface area contributed by atoms with Gasteiger partial charge in [-0.1, -0.05) is 0 Å². The van der Waals surface area contributed by atoms with E-state index in [-0.39, 0.29) is 17.6 Å². The maximum atomic E-state index is 12.8. The van der Waals surface area contributed by atoms with Gasteiger partial charge in [-0.15, -0.1) is 0 Å². The number of carbonyl (C=O) groups excluding carboxylic acids is 2. The van der Waals surface area contributed by atoms with Gasteiger partial charge in [0.1, 0.15) is 36.4 Å². The number of hydrogen-bond donors (Lipinski definition) is 4. The van der Waals surface area contributed by atoms with Crippen molar-refractivity contribution in [3.05, 3.63) is 42.5 Å². The predicted molar refractivity (Wildman–Crippen MR) is 129 cm³/mol. The molecule has 0 bridgehead atoms. The molecule has 12 heteroatoms. The first-order valence-corrected chi connectivity index (χ1v) is 12.0. The predicted octanol–water partition coefficient (Wildman–Crippen LogP) is 0.265. The van der Waals surface area contributed by atoms with Crippen molar-refractivity contribution in [1.82, 2.24) is 29.7 Å². The van der Waals surface area contributed by atoms with E-state index in [4.69, 9.17) is 10.5 Å². The summed E-state index contributed by atoms with van der Waals surface area (Å²) in [5, 5.41) is 24.4. The van der Waals surface area contributed by atoms with E-state index in [1.807, 2.05) is 0 Å². The van der Waals surface area contributed by atoms with E-state index in [9.17, 15) is 19.8 Å². The number of likely N-dealkylation sites (tertiary alicyclic amines) is 1. The maximum Gasteiger partial charge on any atom is 0.251 e. The molecule has 3 heterocycles. The van der Waals surface area contributed by atoms with Crippen molar-refractivity contribution in [1.29, 1.82) is 0 Å². The number of nitrogens with zero attached hydrogens (tertiary/aromatic N) is 5. The van der Waals surface area contributed by atoms with Crippen molar-refractivity contribution in [2.45, 2.75) is 50.0 Å². The van der Waals surface area contributed by atoms with Gasteiger partial charge in [0.15, 0.2) is 11.5 Å². The Labute approximate surface area is 207 Å². The Morgan fingerprint density at radius 1 is 1.14 bits per heavy atom. The minimum absolute atomic E-state index is 0.156. The van der Waals surface area contributed by atoms with Crippen LogP contribution >= 0.6 is 0 Å². The zero-order valence-corrected chi connectivity index (χ0v) is 19.7. The first-order valence-electron chi connectivity index (χ1n) is 12.0. The van der Waals surface area contributed by atoms with E-state index < -0.39 is 24.3 Å². The molecule has 3 aromatic rings. The number of anilines is 1. The summed E-state index contributed by atoms with van der Waals surface area (Å²) in [6.07, 6.45) is 2.96. The Kier molecular flexibility index (Phi) is 6.70. The van der Waals surface area contributed by atoms with Crippen molar-refractivity contribution in [2.75, 3.05) is 25.4 Å². The number of carbonyl (C=O) groups is 2. The van der Waals surface area contributed by atoms with Gasteiger partial charge in [-0.25, -0.2) is 15.0 Å². The minimum atomic E-state index is -1.18. The van der Waals surface area contributed by atoms with Gasteiger partial charge in [0.05, 0.1) is 25.0 Å². The lowest BCUT2D eigenvalue weighted by Gasteiger charge is -2.38. The molecule has 2 fully saturated rings. The number of aliphatic hydroxyl groups is 2. The Morgan fingerprint density at radius 2 is 1.94 bits per heavy atom. The summed E-state index contributed by atoms with van der Waals surface area (Å²) in [6, 6.07) is 5.58. The molecule has 1 aliphatic heterocycles. The fourth-order valence-electron chi connectivity index (χ4n) is 4.90. The first kappa shape index (κ1) is 23.9. The van der Waals surface area contributed by atoms with Crippen LogP contribution in [-0.4, -0.2) is 84.4 Å². The molecular weight excluding hydrogens is 466 g/mol. The molecule has 0 spiro atoms. The number of amides is 2. The van der Waals surface area contributed by atoms with E-state index in [0.717, 1.165) is 13.0 Å². The average molecular weight is 496 g/mol. The smallest absolute Gasteiger partial charge is 0.251 e. The van der Waals surface area contributed by atoms with Crippen molar-refractivity contribution in [2.24, 2.45) is 0 Å². The highest BCUT2D eigenvalue weighted by Crippen LogP contribution is 2.32. The zero-order chi connectivity index (χ0) is 25.2. The number of nitrogens with two attached hydrogens (primary N) is 1. The van der Waals surface area contributed by atoms with Crippen LogP contribution in [0.3, 0.4) is 0 Å². The van der Waals surface area contributed by atoms with Crippen LogP contribution in [-0.2, 0) is 4.79 Å². The molecule has 0 radical (unpaired) electrons. The van der Waals surface area contributed by atoms with Gasteiger partial charge in [-0.05, 0) is 43.5 Å². The summed E-state index contributed by atoms with van der Waals surface area (Å²) in [5.41, 5.74) is 7.18. The highest BCUT2D eigenvalue weighted by atomic mass is 16.5. The Hall–Kier alpha value is -3.77. The fourth-order valence-corrected chi connectivity index (χ4v) is 4.90. The molecular formula is C24H29N7O5. The molecule has 1 saturated heterocycles. The number of imidazole rings is 1. The number of aliphatic hydroxyl groups excluding tert-OH is 2. The van der Waals surface area contributed by atoms with Crippen LogP contribution in [0.2, 0.25) is 0 Å². The third-order valence-electron chi connectivity index (χ3n) is 6.91. The number of fused-ring (bicyclic) bond motifs is 1. The standard InChI is InChI=1S/C24H29N7O5/c25-22-19-23(27-12-26-22)31(13-28-19)17-8-7-16(20(33)21(17)34)29-24(35)14-3-5-15(6-4-14)36-11-10-30-9-1-2-18(30)32/h3-6,12-13,16-17,20-21,33-34H,1-2,7-11H2,(H,29,35)(H2,25,26,27)/t16-,17-,20-,21-/m1/s1. The van der Waals surface area contributed by atoms with Gasteiger partial charge in [0, 0.05) is 18.5 Å². The highest BCUT2D eigenvalue weighted by molar-refractivity contribution is 5.94. The second kappa shape index (κ2) is 10.1. The quantitative estimate of drug-likeness (QED) is 0.359. The van der Waals surface area contributed by atoms with Crippen molar-refractivity contribution in [3.63, 3.8) is 0 Å². The minimum Gasteiger partial charge on any atom is -0.492 e. The number of aromatic nitrogens is 4. The number of nitrogens with one attached hydrogen (secondary N) is 1. The molecule has 1 aromatic carbocycles. The molecule has 1 saturated carbocycles. The van der Waals surface area contributed by atoms with Crippen molar-refractivity contribution >= 4 is 28.8 Å². The van der Waals surface area contributed by atoms with E-state index in [1.165, 1.54) is 12.7 Å². The average Bonchev–Trinajstić information content (AvgIpc) is 3.49. The van der Waals surface area contributed by atoms with Crippen LogP contribution in [0.4, 0.5) is 5.82 Å². The van der Waals surface area contributed by atoms with E-state index in [0.29, 0.717) is 54.9 Å². The number of ether oxygens (including phenoxy) is 1. The monoisotopic (exact) mass is 495 g/mol. The molecule has 2 aliphatic rings. The lowest BCUT2D eigenvalue weighted by Crippen LogP contribution is -2.54. The lowest BCUT2D eigenvalue weighted by atomic mass is 9.85. The molecule has 1 aliphatic carbocycles. The molecule has 5 N–H and O–H groups in total. The lowest BCUT2D eigenvalue weighted by molar-refractivity contribution is -0.128. The van der Waals surface area contributed by atoms with Gasteiger partial charge in [-0.2, -0.15) is 0 Å². The van der Waals surface area contributed by atoms with Gasteiger partial charge in [0.2, 0.25) is 5.91 Å². The summed E-state index contributed by atoms with van der Waals surface area (Å²) in [5.74, 6) is 0.649. The number of hydrogen-bond acceptors (Lipinski definition) is 9. The Morgan fingerprint density at radius 3 is 2.69 bits per heavy atom. The van der Waals surface area contributed by atoms with Gasteiger partial charge < -0.3 is 35.5 Å². The number of nitrogen functional groups attached to an aromatic ring is 1. The summed E-state index contributed by atoms with van der Waals surface area (Å²) in [7, 11) is 0. The summed E-state index contributed by atoms with van der Waals surface area (Å²) < 4.78 is 7.39. The number of rotatable bonds is 7. The molecule has 190 valence electrons. The summed E-state index contributed by atoms with van der Waals surface area (Å²) >= 11 is 0. The Bertz CT molecular complexity index is 1250. The summed E-state index contributed by atoms with van der Waals surface area (Å²) in [4.78, 5) is 38.6. The fraction of sp³-hybridized carbons (Fsp3) is 0.458. The zero-order valence-electron chi connectivity index (χ0n) is 19.7. The maximum absolute atomic E-state index is 12.8. The topological polar surface area (TPSA) is 169 Å². The first-order chi connectivity index (χ1) is 17.4.